The number of hydrogen-bond donors (Lipinski definition) is 1. The summed E-state index contributed by atoms with van der Waals surface area (Å²) in [7, 11) is 0. The van der Waals surface area contributed by atoms with Crippen LogP contribution in [0, 0.1) is 12.8 Å². The van der Waals surface area contributed by atoms with Crippen LogP contribution in [0.3, 0.4) is 0 Å². The molecule has 1 aromatic rings. The standard InChI is InChI=1S/C17H27N3O.HI/c1-13-6-4-8-16(10-13)21-15(3)11-19-17(18)20-9-5-7-14(2)12-20;/h4,6,8,10,14-15H,5,7,9,11-12H2,1-3H3,(H2,18,19);1H. The van der Waals surface area contributed by atoms with Crippen LogP contribution in [-0.4, -0.2) is 36.6 Å². The number of nitrogens with zero attached hydrogens (tertiary/aromatic N) is 2. The number of aliphatic imine (C=N–C) groups is 1. The van der Waals surface area contributed by atoms with E-state index in [1.807, 2.05) is 25.1 Å². The normalized spacial score (nSPS) is 20.2. The van der Waals surface area contributed by atoms with E-state index in [0.29, 0.717) is 18.4 Å². The van der Waals surface area contributed by atoms with Gasteiger partial charge in [0, 0.05) is 13.1 Å². The Hall–Kier alpha value is -0.980. The molecule has 0 spiro atoms. The number of hydrogen-bond acceptors (Lipinski definition) is 2. The number of guanidine groups is 1. The Morgan fingerprint density at radius 1 is 1.50 bits per heavy atom. The zero-order valence-corrected chi connectivity index (χ0v) is 16.1. The molecule has 1 fully saturated rings. The molecule has 1 heterocycles. The average Bonchev–Trinajstić information content (AvgIpc) is 2.45. The molecule has 2 N–H and O–H groups in total. The summed E-state index contributed by atoms with van der Waals surface area (Å²) >= 11 is 0. The summed E-state index contributed by atoms with van der Waals surface area (Å²) in [6.45, 7) is 8.98. The highest BCUT2D eigenvalue weighted by Crippen LogP contribution is 2.16. The van der Waals surface area contributed by atoms with Crippen LogP contribution >= 0.6 is 24.0 Å². The molecule has 0 aliphatic carbocycles. The second-order valence-corrected chi connectivity index (χ2v) is 6.14. The van der Waals surface area contributed by atoms with E-state index in [4.69, 9.17) is 10.5 Å². The first-order chi connectivity index (χ1) is 10.0. The number of nitrogens with two attached hydrogens (primary N) is 1. The number of likely N-dealkylation sites (tertiary alicyclic amines) is 1. The molecule has 1 aliphatic heterocycles. The number of rotatable bonds is 4. The maximum absolute atomic E-state index is 6.10. The summed E-state index contributed by atoms with van der Waals surface area (Å²) < 4.78 is 5.87. The van der Waals surface area contributed by atoms with Crippen LogP contribution in [0.4, 0.5) is 0 Å². The van der Waals surface area contributed by atoms with E-state index in [2.05, 4.69) is 29.8 Å². The lowest BCUT2D eigenvalue weighted by atomic mass is 10.0. The van der Waals surface area contributed by atoms with Gasteiger partial charge in [0.25, 0.3) is 0 Å². The Morgan fingerprint density at radius 3 is 2.95 bits per heavy atom. The van der Waals surface area contributed by atoms with Crippen molar-refractivity contribution in [3.8, 4) is 5.75 Å². The summed E-state index contributed by atoms with van der Waals surface area (Å²) in [4.78, 5) is 6.68. The number of ether oxygens (including phenoxy) is 1. The highest BCUT2D eigenvalue weighted by molar-refractivity contribution is 14.0. The van der Waals surface area contributed by atoms with Gasteiger partial charge in [-0.3, -0.25) is 0 Å². The molecule has 124 valence electrons. The van der Waals surface area contributed by atoms with Gasteiger partial charge in [0.2, 0.25) is 0 Å². The predicted molar refractivity (Wildman–Crippen MR) is 103 cm³/mol. The Kier molecular flexibility index (Phi) is 8.00. The molecule has 0 radical (unpaired) electrons. The van der Waals surface area contributed by atoms with Crippen LogP contribution in [0.15, 0.2) is 29.3 Å². The molecule has 0 bridgehead atoms. The first kappa shape index (κ1) is 19.1. The van der Waals surface area contributed by atoms with E-state index in [-0.39, 0.29) is 30.1 Å². The number of benzene rings is 1. The third kappa shape index (κ3) is 6.02. The van der Waals surface area contributed by atoms with Crippen LogP contribution in [0.2, 0.25) is 0 Å². The topological polar surface area (TPSA) is 50.9 Å². The van der Waals surface area contributed by atoms with Crippen LogP contribution in [0.25, 0.3) is 0 Å². The minimum absolute atomic E-state index is 0. The third-order valence-electron chi connectivity index (χ3n) is 3.82. The van der Waals surface area contributed by atoms with Gasteiger partial charge in [-0.1, -0.05) is 19.1 Å². The second-order valence-electron chi connectivity index (χ2n) is 6.14. The van der Waals surface area contributed by atoms with E-state index in [1.165, 1.54) is 18.4 Å². The van der Waals surface area contributed by atoms with Gasteiger partial charge < -0.3 is 15.4 Å². The Bertz CT molecular complexity index is 493. The maximum Gasteiger partial charge on any atom is 0.191 e. The molecule has 0 saturated carbocycles. The van der Waals surface area contributed by atoms with Crippen molar-refractivity contribution >= 4 is 29.9 Å². The SMILES string of the molecule is Cc1cccc(OC(C)CN=C(N)N2CCCC(C)C2)c1.I. The summed E-state index contributed by atoms with van der Waals surface area (Å²) in [5.41, 5.74) is 7.30. The highest BCUT2D eigenvalue weighted by Gasteiger charge is 2.17. The van der Waals surface area contributed by atoms with Gasteiger partial charge in [-0.25, -0.2) is 4.99 Å². The van der Waals surface area contributed by atoms with Crippen LogP contribution < -0.4 is 10.5 Å². The number of halogens is 1. The molecule has 1 aromatic carbocycles. The quantitative estimate of drug-likeness (QED) is 0.464. The molecule has 0 aromatic heterocycles. The predicted octanol–water partition coefficient (Wildman–Crippen LogP) is 3.43. The van der Waals surface area contributed by atoms with Crippen LogP contribution in [0.5, 0.6) is 5.75 Å². The van der Waals surface area contributed by atoms with Gasteiger partial charge in [-0.15, -0.1) is 24.0 Å². The van der Waals surface area contributed by atoms with E-state index in [0.717, 1.165) is 18.8 Å². The lowest BCUT2D eigenvalue weighted by Crippen LogP contribution is -2.43. The van der Waals surface area contributed by atoms with Crippen molar-refractivity contribution in [2.45, 2.75) is 39.7 Å². The number of piperidine rings is 1. The molecule has 22 heavy (non-hydrogen) atoms. The Morgan fingerprint density at radius 2 is 2.27 bits per heavy atom. The fraction of sp³-hybridized carbons (Fsp3) is 0.588. The van der Waals surface area contributed by atoms with Crippen molar-refractivity contribution in [3.63, 3.8) is 0 Å². The molecular formula is C17H28IN3O. The van der Waals surface area contributed by atoms with E-state index in [9.17, 15) is 0 Å². The number of aryl methyl sites for hydroxylation is 1. The molecule has 2 rings (SSSR count). The summed E-state index contributed by atoms with van der Waals surface area (Å²) in [6, 6.07) is 8.08. The minimum atomic E-state index is 0. The fourth-order valence-electron chi connectivity index (χ4n) is 2.68. The molecule has 2 atom stereocenters. The second kappa shape index (κ2) is 9.22. The molecule has 5 heteroatoms. The van der Waals surface area contributed by atoms with Crippen molar-refractivity contribution in [2.24, 2.45) is 16.6 Å². The summed E-state index contributed by atoms with van der Waals surface area (Å²) in [5.74, 6) is 2.25. The van der Waals surface area contributed by atoms with Gasteiger partial charge in [-0.2, -0.15) is 0 Å². The first-order valence-electron chi connectivity index (χ1n) is 7.83. The summed E-state index contributed by atoms with van der Waals surface area (Å²) in [6.07, 6.45) is 2.51. The van der Waals surface area contributed by atoms with Gasteiger partial charge in [0.15, 0.2) is 5.96 Å². The maximum atomic E-state index is 6.10. The molecule has 1 aliphatic rings. The lowest BCUT2D eigenvalue weighted by Gasteiger charge is -2.31. The highest BCUT2D eigenvalue weighted by atomic mass is 127. The molecule has 4 nitrogen and oxygen atoms in total. The lowest BCUT2D eigenvalue weighted by molar-refractivity contribution is 0.228. The molecule has 1 saturated heterocycles. The van der Waals surface area contributed by atoms with Crippen molar-refractivity contribution in [1.82, 2.24) is 4.90 Å². The van der Waals surface area contributed by atoms with Crippen LogP contribution in [0.1, 0.15) is 32.3 Å². The molecule has 2 unspecified atom stereocenters. The largest absolute Gasteiger partial charge is 0.489 e. The molecular weight excluding hydrogens is 389 g/mol. The minimum Gasteiger partial charge on any atom is -0.489 e. The molecule has 0 amide bonds. The smallest absolute Gasteiger partial charge is 0.191 e. The fourth-order valence-corrected chi connectivity index (χ4v) is 2.68. The summed E-state index contributed by atoms with van der Waals surface area (Å²) in [5, 5.41) is 0. The third-order valence-corrected chi connectivity index (χ3v) is 3.82. The van der Waals surface area contributed by atoms with Crippen molar-refractivity contribution in [1.29, 1.82) is 0 Å². The zero-order valence-electron chi connectivity index (χ0n) is 13.8. The van der Waals surface area contributed by atoms with Crippen molar-refractivity contribution in [2.75, 3.05) is 19.6 Å². The van der Waals surface area contributed by atoms with Crippen LogP contribution in [-0.2, 0) is 0 Å². The van der Waals surface area contributed by atoms with Gasteiger partial charge in [0.05, 0.1) is 6.54 Å². The van der Waals surface area contributed by atoms with Gasteiger partial charge in [0.1, 0.15) is 11.9 Å². The van der Waals surface area contributed by atoms with Crippen molar-refractivity contribution in [3.05, 3.63) is 29.8 Å². The first-order valence-corrected chi connectivity index (χ1v) is 7.83. The van der Waals surface area contributed by atoms with Gasteiger partial charge in [-0.05, 0) is 50.3 Å². The van der Waals surface area contributed by atoms with Gasteiger partial charge >= 0.3 is 0 Å². The monoisotopic (exact) mass is 417 g/mol. The van der Waals surface area contributed by atoms with E-state index in [1.54, 1.807) is 0 Å². The Balaban J connectivity index is 0.00000242. The zero-order chi connectivity index (χ0) is 15.2. The van der Waals surface area contributed by atoms with Crippen molar-refractivity contribution < 1.29 is 4.74 Å². The average molecular weight is 417 g/mol. The Labute approximate surface area is 151 Å². The van der Waals surface area contributed by atoms with E-state index >= 15 is 0 Å². The van der Waals surface area contributed by atoms with E-state index < -0.39 is 0 Å².